The van der Waals surface area contributed by atoms with Gasteiger partial charge in [-0.15, -0.1) is 13.2 Å². The molecule has 0 aliphatic heterocycles. The standard InChI is InChI=1S/C21H18F3N3O5/c1-12-4-3-5-16-18(12)25-11-27(20(16)30)10-17(28)31-13(2)19(29)26-14-6-8-15(9-7-14)32-21(22,23)24/h3-9,11,13H,10H2,1-2H3,(H,26,29). The van der Waals surface area contributed by atoms with E-state index in [2.05, 4.69) is 15.0 Å². The number of hydrogen-bond donors (Lipinski definition) is 1. The van der Waals surface area contributed by atoms with Gasteiger partial charge in [-0.3, -0.25) is 19.0 Å². The summed E-state index contributed by atoms with van der Waals surface area (Å²) in [4.78, 5) is 41.1. The quantitative estimate of drug-likeness (QED) is 0.581. The van der Waals surface area contributed by atoms with Crippen molar-refractivity contribution >= 4 is 28.5 Å². The van der Waals surface area contributed by atoms with E-state index in [1.165, 1.54) is 25.4 Å². The minimum atomic E-state index is -4.82. The number of fused-ring (bicyclic) bond motifs is 1. The molecule has 0 radical (unpaired) electrons. The van der Waals surface area contributed by atoms with Gasteiger partial charge in [0.15, 0.2) is 6.10 Å². The lowest BCUT2D eigenvalue weighted by atomic mass is 10.1. The Labute approximate surface area is 179 Å². The molecule has 0 saturated heterocycles. The fourth-order valence-corrected chi connectivity index (χ4v) is 2.86. The van der Waals surface area contributed by atoms with E-state index in [9.17, 15) is 27.6 Å². The maximum absolute atomic E-state index is 12.5. The molecule has 2 aromatic carbocycles. The van der Waals surface area contributed by atoms with Crippen molar-refractivity contribution in [2.45, 2.75) is 32.9 Å². The predicted octanol–water partition coefficient (Wildman–Crippen LogP) is 3.17. The van der Waals surface area contributed by atoms with Crippen molar-refractivity contribution in [2.24, 2.45) is 0 Å². The zero-order valence-corrected chi connectivity index (χ0v) is 17.0. The molecular weight excluding hydrogens is 431 g/mol. The first kappa shape index (κ1) is 22.8. The van der Waals surface area contributed by atoms with Gasteiger partial charge in [0.25, 0.3) is 11.5 Å². The third-order valence-electron chi connectivity index (χ3n) is 4.39. The van der Waals surface area contributed by atoms with Gasteiger partial charge >= 0.3 is 12.3 Å². The lowest BCUT2D eigenvalue weighted by Crippen LogP contribution is -2.33. The van der Waals surface area contributed by atoms with Gasteiger partial charge in [-0.05, 0) is 49.7 Å². The van der Waals surface area contributed by atoms with Crippen molar-refractivity contribution in [2.75, 3.05) is 5.32 Å². The summed E-state index contributed by atoms with van der Waals surface area (Å²) < 4.78 is 46.4. The molecule has 32 heavy (non-hydrogen) atoms. The van der Waals surface area contributed by atoms with Crippen LogP contribution in [-0.2, 0) is 20.9 Å². The molecule has 1 aromatic heterocycles. The number of halogens is 3. The van der Waals surface area contributed by atoms with E-state index in [1.54, 1.807) is 12.1 Å². The third-order valence-corrected chi connectivity index (χ3v) is 4.39. The van der Waals surface area contributed by atoms with Gasteiger partial charge < -0.3 is 14.8 Å². The number of hydrogen-bond acceptors (Lipinski definition) is 6. The van der Waals surface area contributed by atoms with Crippen molar-refractivity contribution in [1.29, 1.82) is 0 Å². The number of nitrogens with zero attached hydrogens (tertiary/aromatic N) is 2. The van der Waals surface area contributed by atoms with E-state index in [0.29, 0.717) is 10.9 Å². The molecule has 168 valence electrons. The zero-order valence-electron chi connectivity index (χ0n) is 17.0. The summed E-state index contributed by atoms with van der Waals surface area (Å²) in [6.45, 7) is 2.68. The molecule has 0 spiro atoms. The van der Waals surface area contributed by atoms with Gasteiger partial charge in [0, 0.05) is 5.69 Å². The molecule has 1 amide bonds. The SMILES string of the molecule is Cc1cccc2c(=O)n(CC(=O)OC(C)C(=O)Nc3ccc(OC(F)(F)F)cc3)cnc12. The maximum Gasteiger partial charge on any atom is 0.573 e. The number of amides is 1. The first-order chi connectivity index (χ1) is 15.0. The van der Waals surface area contributed by atoms with Crippen LogP contribution in [0.1, 0.15) is 12.5 Å². The summed E-state index contributed by atoms with van der Waals surface area (Å²) in [5.74, 6) is -1.99. The number of ether oxygens (including phenoxy) is 2. The summed E-state index contributed by atoms with van der Waals surface area (Å²) in [6.07, 6.45) is -4.82. The normalized spacial score (nSPS) is 12.3. The predicted molar refractivity (Wildman–Crippen MR) is 108 cm³/mol. The van der Waals surface area contributed by atoms with E-state index in [0.717, 1.165) is 22.3 Å². The lowest BCUT2D eigenvalue weighted by molar-refractivity contribution is -0.274. The second-order valence-corrected chi connectivity index (χ2v) is 6.84. The number of carbonyl (C=O) groups excluding carboxylic acids is 2. The van der Waals surface area contributed by atoms with E-state index in [4.69, 9.17) is 4.74 Å². The Morgan fingerprint density at radius 1 is 1.16 bits per heavy atom. The van der Waals surface area contributed by atoms with Crippen LogP contribution in [0.15, 0.2) is 53.6 Å². The van der Waals surface area contributed by atoms with E-state index in [-0.39, 0.29) is 5.69 Å². The van der Waals surface area contributed by atoms with Crippen molar-refractivity contribution in [3.63, 3.8) is 0 Å². The fraction of sp³-hybridized carbons (Fsp3) is 0.238. The van der Waals surface area contributed by atoms with Crippen LogP contribution in [0.25, 0.3) is 10.9 Å². The molecule has 1 atom stereocenters. The number of carbonyl (C=O) groups is 2. The number of esters is 1. The smallest absolute Gasteiger partial charge is 0.451 e. The summed E-state index contributed by atoms with van der Waals surface area (Å²) in [5, 5.41) is 2.76. The zero-order chi connectivity index (χ0) is 23.5. The molecule has 1 heterocycles. The average molecular weight is 449 g/mol. The highest BCUT2D eigenvalue weighted by Crippen LogP contribution is 2.24. The minimum absolute atomic E-state index is 0.178. The summed E-state index contributed by atoms with van der Waals surface area (Å²) in [7, 11) is 0. The van der Waals surface area contributed by atoms with E-state index >= 15 is 0 Å². The number of anilines is 1. The largest absolute Gasteiger partial charge is 0.573 e. The molecule has 11 heteroatoms. The summed E-state index contributed by atoms with van der Waals surface area (Å²) in [5.41, 5.74) is 1.10. The van der Waals surface area contributed by atoms with Crippen LogP contribution in [0.3, 0.4) is 0 Å². The Balaban J connectivity index is 1.59. The van der Waals surface area contributed by atoms with Crippen LogP contribution in [0, 0.1) is 6.92 Å². The van der Waals surface area contributed by atoms with Crippen LogP contribution in [0.5, 0.6) is 5.75 Å². The molecule has 3 aromatic rings. The Bertz CT molecular complexity index is 1210. The molecule has 3 rings (SSSR count). The molecule has 1 N–H and O–H groups in total. The molecule has 0 saturated carbocycles. The monoisotopic (exact) mass is 449 g/mol. The number of aromatic nitrogens is 2. The van der Waals surface area contributed by atoms with Crippen molar-refractivity contribution in [3.05, 3.63) is 64.7 Å². The van der Waals surface area contributed by atoms with Gasteiger partial charge in [0.05, 0.1) is 17.2 Å². The van der Waals surface area contributed by atoms with E-state index < -0.39 is 42.2 Å². The molecule has 0 aliphatic rings. The van der Waals surface area contributed by atoms with E-state index in [1.807, 2.05) is 13.0 Å². The number of aryl methyl sites for hydroxylation is 1. The first-order valence-electron chi connectivity index (χ1n) is 9.34. The van der Waals surface area contributed by atoms with Crippen LogP contribution in [0.2, 0.25) is 0 Å². The van der Waals surface area contributed by atoms with Gasteiger partial charge in [-0.2, -0.15) is 0 Å². The number of para-hydroxylation sites is 1. The highest BCUT2D eigenvalue weighted by atomic mass is 19.4. The third kappa shape index (κ3) is 5.62. The average Bonchev–Trinajstić information content (AvgIpc) is 2.71. The summed E-state index contributed by atoms with van der Waals surface area (Å²) >= 11 is 0. The molecule has 1 unspecified atom stereocenters. The highest BCUT2D eigenvalue weighted by molar-refractivity contribution is 5.95. The number of rotatable bonds is 6. The molecule has 0 aliphatic carbocycles. The fourth-order valence-electron chi connectivity index (χ4n) is 2.86. The number of benzene rings is 2. The number of nitrogens with one attached hydrogen (secondary N) is 1. The maximum atomic E-state index is 12.5. The van der Waals surface area contributed by atoms with Crippen LogP contribution in [-0.4, -0.2) is 33.9 Å². The van der Waals surface area contributed by atoms with Crippen LogP contribution < -0.4 is 15.6 Å². The van der Waals surface area contributed by atoms with Gasteiger partial charge in [0.2, 0.25) is 0 Å². The second kappa shape index (κ2) is 9.08. The second-order valence-electron chi connectivity index (χ2n) is 6.84. The molecule has 0 bridgehead atoms. The first-order valence-corrected chi connectivity index (χ1v) is 9.34. The molecule has 8 nitrogen and oxygen atoms in total. The topological polar surface area (TPSA) is 99.5 Å². The summed E-state index contributed by atoms with van der Waals surface area (Å²) in [6, 6.07) is 9.58. The molecule has 0 fully saturated rings. The number of alkyl halides is 3. The van der Waals surface area contributed by atoms with Crippen LogP contribution >= 0.6 is 0 Å². The Morgan fingerprint density at radius 3 is 2.50 bits per heavy atom. The molecular formula is C21H18F3N3O5. The van der Waals surface area contributed by atoms with Gasteiger partial charge in [-0.25, -0.2) is 4.98 Å². The van der Waals surface area contributed by atoms with Gasteiger partial charge in [-0.1, -0.05) is 12.1 Å². The minimum Gasteiger partial charge on any atom is -0.451 e. The van der Waals surface area contributed by atoms with Crippen molar-refractivity contribution in [3.8, 4) is 5.75 Å². The Hall–Kier alpha value is -3.89. The Morgan fingerprint density at radius 2 is 1.84 bits per heavy atom. The van der Waals surface area contributed by atoms with Crippen LogP contribution in [0.4, 0.5) is 18.9 Å². The Kier molecular flexibility index (Phi) is 6.47. The van der Waals surface area contributed by atoms with Crippen molar-refractivity contribution < 1.29 is 32.2 Å². The van der Waals surface area contributed by atoms with Crippen molar-refractivity contribution in [1.82, 2.24) is 9.55 Å². The highest BCUT2D eigenvalue weighted by Gasteiger charge is 2.31. The lowest BCUT2D eigenvalue weighted by Gasteiger charge is -2.15. The van der Waals surface area contributed by atoms with Gasteiger partial charge in [0.1, 0.15) is 12.3 Å².